The van der Waals surface area contributed by atoms with Gasteiger partial charge in [0.05, 0.1) is 16.0 Å². The van der Waals surface area contributed by atoms with Gasteiger partial charge in [0, 0.05) is 18.5 Å². The van der Waals surface area contributed by atoms with Crippen LogP contribution in [0.15, 0.2) is 34.0 Å². The summed E-state index contributed by atoms with van der Waals surface area (Å²) in [7, 11) is -3.37. The van der Waals surface area contributed by atoms with Gasteiger partial charge in [0.25, 0.3) is 15.7 Å². The molecular weight excluding hydrogens is 322 g/mol. The first-order chi connectivity index (χ1) is 9.01. The molecule has 0 saturated carbocycles. The van der Waals surface area contributed by atoms with Crippen molar-refractivity contribution in [2.75, 3.05) is 0 Å². The summed E-state index contributed by atoms with van der Waals surface area (Å²) in [5, 5.41) is -0.477. The molecular formula is C11H9F3NNaO4S. The zero-order chi connectivity index (χ0) is 15.3. The number of aryl methyl sites for hydroxylation is 1. The van der Waals surface area contributed by atoms with Gasteiger partial charge in [0.15, 0.2) is 0 Å². The van der Waals surface area contributed by atoms with Crippen molar-refractivity contribution < 1.29 is 26.1 Å². The monoisotopic (exact) mass is 331 g/mol. The van der Waals surface area contributed by atoms with Crippen molar-refractivity contribution in [2.45, 2.75) is 11.1 Å². The van der Waals surface area contributed by atoms with Crippen molar-refractivity contribution in [2.24, 2.45) is 7.05 Å². The van der Waals surface area contributed by atoms with E-state index in [1.807, 2.05) is 0 Å². The first kappa shape index (κ1) is 18.2. The van der Waals surface area contributed by atoms with Crippen LogP contribution in [0.1, 0.15) is 5.56 Å². The van der Waals surface area contributed by atoms with Crippen LogP contribution in [0.2, 0.25) is 0 Å². The maximum absolute atomic E-state index is 12.9. The van der Waals surface area contributed by atoms with Crippen LogP contribution in [-0.4, -0.2) is 47.1 Å². The van der Waals surface area contributed by atoms with Gasteiger partial charge in [0.1, 0.15) is 0 Å². The van der Waals surface area contributed by atoms with Gasteiger partial charge >= 0.3 is 35.7 Å². The fourth-order valence-corrected chi connectivity index (χ4v) is 2.34. The van der Waals surface area contributed by atoms with Crippen LogP contribution in [0.3, 0.4) is 0 Å². The number of hydrogen-bond donors (Lipinski definition) is 1. The van der Waals surface area contributed by atoms with E-state index in [0.29, 0.717) is 12.1 Å². The third-order valence-electron chi connectivity index (χ3n) is 2.82. The molecule has 0 radical (unpaired) electrons. The molecule has 0 aliphatic carbocycles. The molecule has 2 rings (SSSR count). The Labute approximate surface area is 139 Å². The molecule has 0 unspecified atom stereocenters. The Balaban J connectivity index is 0.00000220. The quantitative estimate of drug-likeness (QED) is 0.628. The molecule has 21 heavy (non-hydrogen) atoms. The summed E-state index contributed by atoms with van der Waals surface area (Å²) in [6.07, 6.45) is -4.82. The Kier molecular flexibility index (Phi) is 4.96. The van der Waals surface area contributed by atoms with Crippen LogP contribution >= 0.6 is 0 Å². The number of pyridine rings is 1. The normalized spacial score (nSPS) is 12.2. The Morgan fingerprint density at radius 1 is 1.19 bits per heavy atom. The topological polar surface area (TPSA) is 76.4 Å². The average molecular weight is 331 g/mol. The van der Waals surface area contributed by atoms with Crippen LogP contribution in [0.5, 0.6) is 0 Å². The molecule has 0 amide bonds. The van der Waals surface area contributed by atoms with E-state index in [1.165, 1.54) is 7.05 Å². The number of rotatable bonds is 1. The summed E-state index contributed by atoms with van der Waals surface area (Å²) in [6, 6.07) is 3.04. The van der Waals surface area contributed by atoms with Gasteiger partial charge < -0.3 is 4.57 Å². The minimum atomic E-state index is -4.82. The van der Waals surface area contributed by atoms with Crippen LogP contribution in [0, 0.1) is 0 Å². The molecule has 0 aliphatic rings. The molecule has 5 nitrogen and oxygen atoms in total. The number of benzene rings is 1. The van der Waals surface area contributed by atoms with Crippen molar-refractivity contribution in [1.29, 1.82) is 0 Å². The minimum absolute atomic E-state index is 0. The zero-order valence-corrected chi connectivity index (χ0v) is 10.8. The van der Waals surface area contributed by atoms with E-state index >= 15 is 0 Å². The molecule has 1 N–H and O–H groups in total. The van der Waals surface area contributed by atoms with Gasteiger partial charge in [-0.3, -0.25) is 9.35 Å². The van der Waals surface area contributed by atoms with Crippen molar-refractivity contribution in [1.82, 2.24) is 4.57 Å². The van der Waals surface area contributed by atoms with Gasteiger partial charge in [-0.1, -0.05) is 0 Å². The average Bonchev–Trinajstić information content (AvgIpc) is 2.30. The first-order valence-corrected chi connectivity index (χ1v) is 6.64. The summed E-state index contributed by atoms with van der Waals surface area (Å²) < 4.78 is 70.5. The van der Waals surface area contributed by atoms with E-state index in [0.717, 1.165) is 16.7 Å². The number of fused-ring (bicyclic) bond motifs is 1. The van der Waals surface area contributed by atoms with Crippen LogP contribution in [-0.2, 0) is 23.3 Å². The second-order valence-electron chi connectivity index (χ2n) is 4.11. The van der Waals surface area contributed by atoms with E-state index in [-0.39, 0.29) is 35.1 Å². The number of alkyl halides is 3. The summed E-state index contributed by atoms with van der Waals surface area (Å²) in [4.78, 5) is 10.8. The van der Waals surface area contributed by atoms with Gasteiger partial charge in [-0.2, -0.15) is 21.6 Å². The van der Waals surface area contributed by atoms with Gasteiger partial charge in [-0.05, 0) is 18.2 Å². The van der Waals surface area contributed by atoms with Crippen LogP contribution < -0.4 is 5.56 Å². The third-order valence-corrected chi connectivity index (χ3v) is 3.67. The summed E-state index contributed by atoms with van der Waals surface area (Å²) >= 11 is 0. The second-order valence-corrected chi connectivity index (χ2v) is 5.53. The number of halogens is 3. The maximum atomic E-state index is 12.9. The van der Waals surface area contributed by atoms with Crippen LogP contribution in [0.4, 0.5) is 13.2 Å². The molecule has 1 aromatic carbocycles. The molecule has 1 aromatic heterocycles. The molecule has 0 aliphatic heterocycles. The van der Waals surface area contributed by atoms with Crippen molar-refractivity contribution >= 4 is 50.6 Å². The van der Waals surface area contributed by atoms with E-state index in [1.54, 1.807) is 0 Å². The molecule has 110 valence electrons. The number of nitrogens with zero attached hydrogens (tertiary/aromatic N) is 1. The summed E-state index contributed by atoms with van der Waals surface area (Å²) in [6.45, 7) is 0. The molecule has 0 spiro atoms. The molecule has 0 atom stereocenters. The van der Waals surface area contributed by atoms with Crippen molar-refractivity contribution in [3.63, 3.8) is 0 Å². The van der Waals surface area contributed by atoms with E-state index in [2.05, 4.69) is 0 Å². The van der Waals surface area contributed by atoms with E-state index in [9.17, 15) is 26.4 Å². The Morgan fingerprint density at radius 2 is 1.76 bits per heavy atom. The first-order valence-electron chi connectivity index (χ1n) is 5.20. The Morgan fingerprint density at radius 3 is 2.24 bits per heavy atom. The predicted octanol–water partition coefficient (Wildman–Crippen LogP) is 1.16. The fraction of sp³-hybridized carbons (Fsp3) is 0.182. The number of hydrogen-bond acceptors (Lipinski definition) is 3. The molecule has 2 aromatic rings. The fourth-order valence-electron chi connectivity index (χ4n) is 1.84. The van der Waals surface area contributed by atoms with Gasteiger partial charge in [-0.25, -0.2) is 0 Å². The summed E-state index contributed by atoms with van der Waals surface area (Å²) in [5.41, 5.74) is -2.21. The Hall–Kier alpha value is -0.870. The standard InChI is InChI=1S/C11H8F3NO4S.Na.H/c1-15-9-3-2-6(20(17,18)19)4-7(9)8(5-10(15)16)11(12,13)14;;/h2-5H,1H3,(H,17,18,19);;. The molecule has 0 fully saturated rings. The summed E-state index contributed by atoms with van der Waals surface area (Å²) in [5.74, 6) is 0. The van der Waals surface area contributed by atoms with Gasteiger partial charge in [0.2, 0.25) is 0 Å². The van der Waals surface area contributed by atoms with E-state index < -0.39 is 37.7 Å². The molecule has 0 bridgehead atoms. The third kappa shape index (κ3) is 3.49. The van der Waals surface area contributed by atoms with Crippen LogP contribution in [0.25, 0.3) is 10.9 Å². The number of aromatic nitrogens is 1. The van der Waals surface area contributed by atoms with E-state index in [4.69, 9.17) is 4.55 Å². The molecule has 1 heterocycles. The SMILES string of the molecule is Cn1c(=O)cc(C(F)(F)F)c2cc(S(=O)(=O)O)ccc21.[NaH]. The molecule has 0 saturated heterocycles. The zero-order valence-electron chi connectivity index (χ0n) is 9.97. The molecule has 10 heteroatoms. The van der Waals surface area contributed by atoms with Crippen molar-refractivity contribution in [3.05, 3.63) is 40.2 Å². The predicted molar refractivity (Wildman–Crippen MR) is 71.2 cm³/mol. The Bertz CT molecular complexity index is 858. The van der Waals surface area contributed by atoms with Gasteiger partial charge in [-0.15, -0.1) is 0 Å². The second kappa shape index (κ2) is 5.73. The van der Waals surface area contributed by atoms with Crippen molar-refractivity contribution in [3.8, 4) is 0 Å².